The summed E-state index contributed by atoms with van der Waals surface area (Å²) in [5.74, 6) is -1.52. The third kappa shape index (κ3) is 54.9. The molecule has 0 bridgehead atoms. The molecule has 0 spiro atoms. The zero-order chi connectivity index (χ0) is 55.5. The van der Waals surface area contributed by atoms with Crippen molar-refractivity contribution in [2.24, 2.45) is 0 Å². The highest BCUT2D eigenvalue weighted by molar-refractivity contribution is 7.47. The van der Waals surface area contributed by atoms with Gasteiger partial charge in [-0.3, -0.25) is 23.4 Å². The first-order valence-electron chi connectivity index (χ1n) is 29.8. The van der Waals surface area contributed by atoms with E-state index in [9.17, 15) is 28.9 Å². The molecule has 76 heavy (non-hydrogen) atoms. The van der Waals surface area contributed by atoms with Gasteiger partial charge in [0.1, 0.15) is 12.7 Å². The summed E-state index contributed by atoms with van der Waals surface area (Å²) in [6, 6.07) is 0. The number of aliphatic hydroxyl groups excluding tert-OH is 1. The molecule has 2 N–H and O–H groups in total. The average Bonchev–Trinajstić information content (AvgIpc) is 3.41. The van der Waals surface area contributed by atoms with E-state index in [0.29, 0.717) is 19.3 Å². The summed E-state index contributed by atoms with van der Waals surface area (Å²) in [6.45, 7) is 4.34. The fourth-order valence-corrected chi connectivity index (χ4v) is 8.47. The van der Waals surface area contributed by atoms with Crippen molar-refractivity contribution in [2.45, 2.75) is 251 Å². The maximum absolute atomic E-state index is 12.9. The predicted octanol–water partition coefficient (Wildman–Crippen LogP) is 17.8. The molecule has 0 aliphatic carbocycles. The third-order valence-electron chi connectivity index (χ3n) is 12.2. The molecule has 0 saturated heterocycles. The highest BCUT2D eigenvalue weighted by atomic mass is 31.2. The van der Waals surface area contributed by atoms with Crippen LogP contribution >= 0.6 is 7.82 Å². The van der Waals surface area contributed by atoms with Gasteiger partial charge in [0.05, 0.1) is 19.8 Å². The lowest BCUT2D eigenvalue weighted by Gasteiger charge is -2.21. The summed E-state index contributed by atoms with van der Waals surface area (Å²) < 4.78 is 39.5. The number of aliphatic hydroxyl groups is 1. The molecule has 0 fully saturated rings. The van der Waals surface area contributed by atoms with Crippen molar-refractivity contribution in [3.63, 3.8) is 0 Å². The molecule has 3 atom stereocenters. The first-order valence-corrected chi connectivity index (χ1v) is 31.3. The zero-order valence-electron chi connectivity index (χ0n) is 47.9. The number of hydrogen-bond acceptors (Lipinski definition) is 10. The van der Waals surface area contributed by atoms with Crippen molar-refractivity contribution in [3.8, 4) is 0 Å². The lowest BCUT2D eigenvalue weighted by molar-refractivity contribution is -0.161. The van der Waals surface area contributed by atoms with Crippen molar-refractivity contribution in [1.82, 2.24) is 0 Å². The van der Waals surface area contributed by atoms with Gasteiger partial charge in [0.15, 0.2) is 6.10 Å². The van der Waals surface area contributed by atoms with Gasteiger partial charge < -0.3 is 24.2 Å². The monoisotopic (exact) mass is 1080 g/mol. The van der Waals surface area contributed by atoms with E-state index in [2.05, 4.69) is 130 Å². The van der Waals surface area contributed by atoms with E-state index in [4.69, 9.17) is 23.3 Å². The summed E-state index contributed by atoms with van der Waals surface area (Å²) in [4.78, 5) is 48.6. The van der Waals surface area contributed by atoms with Gasteiger partial charge >= 0.3 is 25.7 Å². The van der Waals surface area contributed by atoms with Gasteiger partial charge in [0, 0.05) is 19.3 Å². The van der Waals surface area contributed by atoms with Gasteiger partial charge in [-0.15, -0.1) is 0 Å². The number of esters is 3. The number of phosphoric ester groups is 1. The summed E-state index contributed by atoms with van der Waals surface area (Å²) in [5.41, 5.74) is 0. The van der Waals surface area contributed by atoms with Crippen LogP contribution in [0, 0.1) is 0 Å². The van der Waals surface area contributed by atoms with E-state index in [1.165, 1.54) is 25.7 Å². The van der Waals surface area contributed by atoms with Gasteiger partial charge in [-0.25, -0.2) is 4.57 Å². The van der Waals surface area contributed by atoms with Crippen LogP contribution in [0.4, 0.5) is 0 Å². The molecular weight excluding hydrogens is 976 g/mol. The van der Waals surface area contributed by atoms with Crippen LogP contribution < -0.4 is 0 Å². The predicted molar refractivity (Wildman–Crippen MR) is 316 cm³/mol. The van der Waals surface area contributed by atoms with Crippen molar-refractivity contribution in [3.05, 3.63) is 109 Å². The normalized spacial score (nSPS) is 14.1. The molecular formula is C64H107O11P. The van der Waals surface area contributed by atoms with Gasteiger partial charge in [-0.1, -0.05) is 207 Å². The van der Waals surface area contributed by atoms with E-state index < -0.39 is 57.8 Å². The Morgan fingerprint density at radius 2 is 0.684 bits per heavy atom. The Morgan fingerprint density at radius 1 is 0.382 bits per heavy atom. The molecule has 0 aromatic heterocycles. The van der Waals surface area contributed by atoms with Crippen molar-refractivity contribution < 1.29 is 52.2 Å². The Balaban J connectivity index is 4.78. The number of unbranched alkanes of at least 4 members (excludes halogenated alkanes) is 19. The van der Waals surface area contributed by atoms with E-state index >= 15 is 0 Å². The molecule has 0 aromatic rings. The second kappa shape index (κ2) is 57.3. The highest BCUT2D eigenvalue weighted by Crippen LogP contribution is 2.43. The Bertz CT molecular complexity index is 1690. The number of phosphoric acid groups is 1. The Kier molecular flexibility index (Phi) is 54.4. The first kappa shape index (κ1) is 72.1. The average molecular weight is 1080 g/mol. The quantitative estimate of drug-likeness (QED) is 0.0197. The molecule has 0 amide bonds. The number of allylic oxidation sites excluding steroid dienone is 18. The molecule has 0 saturated carbocycles. The van der Waals surface area contributed by atoms with Gasteiger partial charge in [-0.05, 0) is 122 Å². The van der Waals surface area contributed by atoms with Crippen LogP contribution in [0.5, 0.6) is 0 Å². The number of ether oxygens (including phenoxy) is 3. The van der Waals surface area contributed by atoms with Crippen LogP contribution in [-0.4, -0.2) is 66.5 Å². The smallest absolute Gasteiger partial charge is 0.462 e. The van der Waals surface area contributed by atoms with Crippen LogP contribution in [0.2, 0.25) is 0 Å². The Hall–Kier alpha value is -3.86. The van der Waals surface area contributed by atoms with Crippen LogP contribution in [0.1, 0.15) is 239 Å². The standard InChI is InChI=1S/C64H107O11P/c1-4-7-10-13-16-19-22-25-28-29-30-31-34-35-38-41-44-47-50-53-62(66)71-57-61(75-64(68)55-52-49-46-43-40-37-33-27-24-21-18-15-12-9-6-3)59-73-76(69,70)72-58-60(56-65)74-63(67)54-51-48-45-42-39-36-32-26-23-20-17-14-11-8-5-2/h8-9,11-12,16-21,25-28,30-33,60-61,65H,4-7,10,13-15,22-24,29,34-59H2,1-3H3,(H,69,70)/b11-8-,12-9-,19-16-,20-17-,21-18-,28-25-,31-30-,32-26-,33-27-. The summed E-state index contributed by atoms with van der Waals surface area (Å²) in [6.07, 6.45) is 69.0. The summed E-state index contributed by atoms with van der Waals surface area (Å²) >= 11 is 0. The van der Waals surface area contributed by atoms with E-state index in [1.807, 2.05) is 0 Å². The second-order valence-electron chi connectivity index (χ2n) is 19.4. The summed E-state index contributed by atoms with van der Waals surface area (Å²) in [5, 5.41) is 9.82. The molecule has 0 rings (SSSR count). The Morgan fingerprint density at radius 3 is 1.05 bits per heavy atom. The fourth-order valence-electron chi connectivity index (χ4n) is 7.69. The lowest BCUT2D eigenvalue weighted by Crippen LogP contribution is -2.30. The van der Waals surface area contributed by atoms with E-state index in [0.717, 1.165) is 154 Å². The molecule has 3 unspecified atom stereocenters. The molecule has 0 aromatic carbocycles. The zero-order valence-corrected chi connectivity index (χ0v) is 48.8. The van der Waals surface area contributed by atoms with Crippen LogP contribution in [-0.2, 0) is 42.2 Å². The molecule has 12 heteroatoms. The maximum Gasteiger partial charge on any atom is 0.472 e. The van der Waals surface area contributed by atoms with Crippen LogP contribution in [0.15, 0.2) is 109 Å². The van der Waals surface area contributed by atoms with Gasteiger partial charge in [0.2, 0.25) is 0 Å². The van der Waals surface area contributed by atoms with Crippen LogP contribution in [0.25, 0.3) is 0 Å². The number of carbonyl (C=O) groups is 3. The summed E-state index contributed by atoms with van der Waals surface area (Å²) in [7, 11) is -4.77. The minimum absolute atomic E-state index is 0.139. The van der Waals surface area contributed by atoms with Gasteiger partial charge in [0.25, 0.3) is 0 Å². The number of hydrogen-bond donors (Lipinski definition) is 2. The largest absolute Gasteiger partial charge is 0.472 e. The Labute approximate surface area is 463 Å². The van der Waals surface area contributed by atoms with Crippen molar-refractivity contribution in [1.29, 1.82) is 0 Å². The SMILES string of the molecule is CC/C=C\C/C=C\C/C=C\CCCCCCCC(=O)OC(CO)COP(=O)(O)OCC(COC(=O)CCCCCCCC/C=C\C/C=C\C/C=C\CCCCC)OC(=O)CCCCCCC/C=C\C/C=C\C/C=C\CC. The van der Waals surface area contributed by atoms with Crippen molar-refractivity contribution in [2.75, 3.05) is 26.4 Å². The fraction of sp³-hybridized carbons (Fsp3) is 0.672. The third-order valence-corrected chi connectivity index (χ3v) is 13.1. The van der Waals surface area contributed by atoms with E-state index in [1.54, 1.807) is 0 Å². The molecule has 434 valence electrons. The molecule has 0 heterocycles. The molecule has 0 aliphatic rings. The topological polar surface area (TPSA) is 155 Å². The minimum Gasteiger partial charge on any atom is -0.462 e. The van der Waals surface area contributed by atoms with Crippen molar-refractivity contribution >= 4 is 25.7 Å². The molecule has 0 aliphatic heterocycles. The minimum atomic E-state index is -4.77. The number of carbonyl (C=O) groups excluding carboxylic acids is 3. The van der Waals surface area contributed by atoms with Crippen LogP contribution in [0.3, 0.4) is 0 Å². The molecule has 11 nitrogen and oxygen atoms in total. The maximum atomic E-state index is 12.9. The number of rotatable bonds is 54. The van der Waals surface area contributed by atoms with E-state index in [-0.39, 0.29) is 25.9 Å². The first-order chi connectivity index (χ1) is 37.2. The molecule has 0 radical (unpaired) electrons. The highest BCUT2D eigenvalue weighted by Gasteiger charge is 2.28. The van der Waals surface area contributed by atoms with Gasteiger partial charge in [-0.2, -0.15) is 0 Å². The second-order valence-corrected chi connectivity index (χ2v) is 20.8. The lowest BCUT2D eigenvalue weighted by atomic mass is 10.1.